The molecule has 116 valence electrons. The van der Waals surface area contributed by atoms with Crippen molar-refractivity contribution in [3.8, 4) is 0 Å². The number of amides is 2. The summed E-state index contributed by atoms with van der Waals surface area (Å²) in [6, 6.07) is 2.52. The van der Waals surface area contributed by atoms with Gasteiger partial charge in [-0.1, -0.05) is 11.6 Å². The number of halogens is 4. The molecule has 0 aliphatic carbocycles. The van der Waals surface area contributed by atoms with Gasteiger partial charge < -0.3 is 15.3 Å². The summed E-state index contributed by atoms with van der Waals surface area (Å²) in [7, 11) is 0. The van der Waals surface area contributed by atoms with Gasteiger partial charge in [0.1, 0.15) is 6.54 Å². The maximum atomic E-state index is 12.3. The minimum atomic E-state index is -4.51. The molecule has 0 heterocycles. The molecular formula is C12H12ClF3N2O3. The zero-order valence-electron chi connectivity index (χ0n) is 10.9. The van der Waals surface area contributed by atoms with Gasteiger partial charge in [-0.05, 0) is 25.1 Å². The highest BCUT2D eigenvalue weighted by Gasteiger charge is 2.32. The lowest BCUT2D eigenvalue weighted by molar-refractivity contribution is -0.139. The zero-order valence-corrected chi connectivity index (χ0v) is 11.6. The maximum Gasteiger partial charge on any atom is 0.406 e. The summed E-state index contributed by atoms with van der Waals surface area (Å²) in [4.78, 5) is 23.0. The Morgan fingerprint density at radius 2 is 2.00 bits per heavy atom. The van der Waals surface area contributed by atoms with Gasteiger partial charge >= 0.3 is 18.2 Å². The van der Waals surface area contributed by atoms with Crippen LogP contribution in [0.3, 0.4) is 0 Å². The van der Waals surface area contributed by atoms with E-state index in [1.807, 2.05) is 0 Å². The van der Waals surface area contributed by atoms with Crippen molar-refractivity contribution in [2.75, 3.05) is 18.4 Å². The zero-order chi connectivity index (χ0) is 16.2. The first-order chi connectivity index (χ1) is 9.64. The summed E-state index contributed by atoms with van der Waals surface area (Å²) in [5.74, 6) is -1.21. The van der Waals surface area contributed by atoms with Crippen LogP contribution >= 0.6 is 11.6 Å². The lowest BCUT2D eigenvalue weighted by atomic mass is 10.2. The van der Waals surface area contributed by atoms with E-state index in [4.69, 9.17) is 16.7 Å². The normalized spacial score (nSPS) is 11.1. The Kier molecular flexibility index (Phi) is 5.42. The molecule has 5 nitrogen and oxygen atoms in total. The van der Waals surface area contributed by atoms with Crippen LogP contribution in [0.4, 0.5) is 23.7 Å². The van der Waals surface area contributed by atoms with E-state index in [-0.39, 0.29) is 22.8 Å². The van der Waals surface area contributed by atoms with Crippen molar-refractivity contribution in [1.82, 2.24) is 4.90 Å². The molecule has 1 aromatic carbocycles. The van der Waals surface area contributed by atoms with Gasteiger partial charge in [0.2, 0.25) is 0 Å². The molecule has 21 heavy (non-hydrogen) atoms. The van der Waals surface area contributed by atoms with E-state index in [0.717, 1.165) is 6.07 Å². The number of nitrogens with one attached hydrogen (secondary N) is 1. The topological polar surface area (TPSA) is 69.6 Å². The van der Waals surface area contributed by atoms with E-state index in [2.05, 4.69) is 5.32 Å². The number of anilines is 1. The second-order valence-corrected chi connectivity index (χ2v) is 4.47. The second-order valence-electron chi connectivity index (χ2n) is 4.06. The average molecular weight is 325 g/mol. The molecule has 9 heteroatoms. The Labute approximate surface area is 123 Å². The largest absolute Gasteiger partial charge is 0.478 e. The highest BCUT2D eigenvalue weighted by Crippen LogP contribution is 2.24. The number of carboxylic acids is 1. The van der Waals surface area contributed by atoms with Crippen molar-refractivity contribution in [1.29, 1.82) is 0 Å². The summed E-state index contributed by atoms with van der Waals surface area (Å²) >= 11 is 5.78. The number of carbonyl (C=O) groups is 2. The number of carboxylic acid groups (broad SMARTS) is 1. The summed E-state index contributed by atoms with van der Waals surface area (Å²) in [5, 5.41) is 10.9. The molecule has 0 saturated carbocycles. The number of carbonyl (C=O) groups excluding carboxylic acids is 1. The van der Waals surface area contributed by atoms with Gasteiger partial charge in [0.05, 0.1) is 16.3 Å². The van der Waals surface area contributed by atoms with E-state index in [9.17, 15) is 22.8 Å². The number of hydrogen-bond acceptors (Lipinski definition) is 2. The molecule has 2 amide bonds. The fourth-order valence-corrected chi connectivity index (χ4v) is 1.72. The fraction of sp³-hybridized carbons (Fsp3) is 0.333. The Balaban J connectivity index is 2.84. The van der Waals surface area contributed by atoms with E-state index in [0.29, 0.717) is 4.90 Å². The number of aromatic carboxylic acids is 1. The van der Waals surface area contributed by atoms with Gasteiger partial charge in [-0.25, -0.2) is 9.59 Å². The van der Waals surface area contributed by atoms with Crippen molar-refractivity contribution in [2.24, 2.45) is 0 Å². The number of alkyl halides is 3. The van der Waals surface area contributed by atoms with Gasteiger partial charge in [-0.15, -0.1) is 0 Å². The van der Waals surface area contributed by atoms with Crippen LogP contribution in [0.15, 0.2) is 18.2 Å². The SMILES string of the molecule is CCN(CC(F)(F)F)C(=O)Nc1ccc(C(=O)O)cc1Cl. The van der Waals surface area contributed by atoms with Crippen molar-refractivity contribution in [2.45, 2.75) is 13.1 Å². The van der Waals surface area contributed by atoms with Crippen molar-refractivity contribution < 1.29 is 27.9 Å². The molecule has 0 atom stereocenters. The molecule has 0 aliphatic heterocycles. The van der Waals surface area contributed by atoms with Crippen LogP contribution in [-0.2, 0) is 0 Å². The minimum absolute atomic E-state index is 0.0345. The third-order valence-electron chi connectivity index (χ3n) is 2.50. The average Bonchev–Trinajstić information content (AvgIpc) is 2.36. The standard InChI is InChI=1S/C12H12ClF3N2O3/c1-2-18(6-12(14,15)16)11(21)17-9-4-3-7(10(19)20)5-8(9)13/h3-5H,2,6H2,1H3,(H,17,21)(H,19,20). The third-order valence-corrected chi connectivity index (χ3v) is 2.81. The molecule has 0 bridgehead atoms. The molecule has 0 aliphatic rings. The van der Waals surface area contributed by atoms with Crippen LogP contribution in [0.2, 0.25) is 5.02 Å². The van der Waals surface area contributed by atoms with Crippen LogP contribution in [0, 0.1) is 0 Å². The Morgan fingerprint density at radius 1 is 1.38 bits per heavy atom. The van der Waals surface area contributed by atoms with Crippen LogP contribution in [0.25, 0.3) is 0 Å². The minimum Gasteiger partial charge on any atom is -0.478 e. The maximum absolute atomic E-state index is 12.3. The molecule has 1 aromatic rings. The first-order valence-electron chi connectivity index (χ1n) is 5.79. The Hall–Kier alpha value is -1.96. The summed E-state index contributed by atoms with van der Waals surface area (Å²) < 4.78 is 36.9. The molecule has 0 unspecified atom stereocenters. The molecule has 0 fully saturated rings. The number of benzene rings is 1. The van der Waals surface area contributed by atoms with Crippen LogP contribution in [-0.4, -0.2) is 41.3 Å². The smallest absolute Gasteiger partial charge is 0.406 e. The second kappa shape index (κ2) is 6.66. The van der Waals surface area contributed by atoms with Gasteiger partial charge in [0.15, 0.2) is 0 Å². The molecule has 1 rings (SSSR count). The predicted molar refractivity (Wildman–Crippen MR) is 70.7 cm³/mol. The van der Waals surface area contributed by atoms with Gasteiger partial charge in [-0.2, -0.15) is 13.2 Å². The number of rotatable bonds is 4. The lowest BCUT2D eigenvalue weighted by Crippen LogP contribution is -2.41. The quantitative estimate of drug-likeness (QED) is 0.891. The highest BCUT2D eigenvalue weighted by molar-refractivity contribution is 6.34. The van der Waals surface area contributed by atoms with Crippen LogP contribution in [0.5, 0.6) is 0 Å². The van der Waals surface area contributed by atoms with Crippen molar-refractivity contribution in [3.63, 3.8) is 0 Å². The molecule has 0 spiro atoms. The monoisotopic (exact) mass is 324 g/mol. The van der Waals surface area contributed by atoms with E-state index >= 15 is 0 Å². The fourth-order valence-electron chi connectivity index (χ4n) is 1.49. The van der Waals surface area contributed by atoms with Crippen molar-refractivity contribution in [3.05, 3.63) is 28.8 Å². The summed E-state index contributed by atoms with van der Waals surface area (Å²) in [6.07, 6.45) is -4.51. The van der Waals surface area contributed by atoms with Gasteiger partial charge in [0.25, 0.3) is 0 Å². The first-order valence-corrected chi connectivity index (χ1v) is 6.17. The molecule has 0 radical (unpaired) electrons. The Bertz CT molecular complexity index is 549. The Morgan fingerprint density at radius 3 is 2.43 bits per heavy atom. The van der Waals surface area contributed by atoms with Crippen molar-refractivity contribution >= 4 is 29.3 Å². The number of hydrogen-bond donors (Lipinski definition) is 2. The molecule has 0 aromatic heterocycles. The van der Waals surface area contributed by atoms with E-state index < -0.39 is 24.7 Å². The number of urea groups is 1. The summed E-state index contributed by atoms with van der Waals surface area (Å²) in [6.45, 7) is -0.128. The van der Waals surface area contributed by atoms with Gasteiger partial charge in [0, 0.05) is 6.54 Å². The first kappa shape index (κ1) is 17.1. The molecule has 0 saturated heterocycles. The van der Waals surface area contributed by atoms with E-state index in [1.165, 1.54) is 19.1 Å². The molecular weight excluding hydrogens is 313 g/mol. The predicted octanol–water partition coefficient (Wildman–Crippen LogP) is 3.45. The lowest BCUT2D eigenvalue weighted by Gasteiger charge is -2.23. The van der Waals surface area contributed by atoms with Crippen LogP contribution in [0.1, 0.15) is 17.3 Å². The summed E-state index contributed by atoms with van der Waals surface area (Å²) in [5.41, 5.74) is -0.0621. The van der Waals surface area contributed by atoms with Gasteiger partial charge in [-0.3, -0.25) is 0 Å². The number of nitrogens with zero attached hydrogens (tertiary/aromatic N) is 1. The molecule has 2 N–H and O–H groups in total. The van der Waals surface area contributed by atoms with Crippen LogP contribution < -0.4 is 5.32 Å². The highest BCUT2D eigenvalue weighted by atomic mass is 35.5. The van der Waals surface area contributed by atoms with E-state index in [1.54, 1.807) is 0 Å². The third kappa shape index (κ3) is 5.14.